The van der Waals surface area contributed by atoms with Gasteiger partial charge in [-0.25, -0.2) is 9.18 Å². The molecule has 0 aliphatic heterocycles. The summed E-state index contributed by atoms with van der Waals surface area (Å²) in [6.45, 7) is 2.04. The van der Waals surface area contributed by atoms with Crippen LogP contribution in [0.5, 0.6) is 0 Å². The Morgan fingerprint density at radius 1 is 1.33 bits per heavy atom. The fourth-order valence-corrected chi connectivity index (χ4v) is 2.09. The van der Waals surface area contributed by atoms with Crippen molar-refractivity contribution in [3.63, 3.8) is 0 Å². The van der Waals surface area contributed by atoms with Crippen LogP contribution in [0.1, 0.15) is 18.1 Å². The van der Waals surface area contributed by atoms with Crippen molar-refractivity contribution in [1.29, 1.82) is 0 Å². The third-order valence-electron chi connectivity index (χ3n) is 3.14. The van der Waals surface area contributed by atoms with Crippen LogP contribution >= 0.6 is 12.2 Å². The molecule has 0 atom stereocenters. The minimum absolute atomic E-state index is 0.127. The average Bonchev–Trinajstić information content (AvgIpc) is 2.45. The number of halogens is 1. The minimum Gasteiger partial charge on any atom is -0.389 e. The van der Waals surface area contributed by atoms with E-state index < -0.39 is 17.1 Å². The zero-order valence-electron chi connectivity index (χ0n) is 11.4. The molecule has 21 heavy (non-hydrogen) atoms. The van der Waals surface area contributed by atoms with Crippen LogP contribution in [-0.4, -0.2) is 14.1 Å². The molecule has 0 amide bonds. The maximum atomic E-state index is 13.9. The standard InChI is InChI=1S/C14H14FN3O2S/c1-2-17-6-5-12(19)18(14(17)20)8-10-7-9(13(16)21)3-4-11(10)15/h3-7H,2,8H2,1H3,(H2,16,21). The zero-order chi connectivity index (χ0) is 15.6. The van der Waals surface area contributed by atoms with E-state index in [4.69, 9.17) is 18.0 Å². The van der Waals surface area contributed by atoms with Gasteiger partial charge < -0.3 is 10.3 Å². The van der Waals surface area contributed by atoms with Crippen LogP contribution in [0.15, 0.2) is 40.1 Å². The molecular formula is C14H14FN3O2S. The summed E-state index contributed by atoms with van der Waals surface area (Å²) in [7, 11) is 0. The van der Waals surface area contributed by atoms with Crippen molar-refractivity contribution in [2.45, 2.75) is 20.0 Å². The molecule has 2 aromatic rings. The van der Waals surface area contributed by atoms with Crippen molar-refractivity contribution in [1.82, 2.24) is 9.13 Å². The second kappa shape index (κ2) is 6.01. The molecule has 0 saturated carbocycles. The van der Waals surface area contributed by atoms with Crippen LogP contribution < -0.4 is 17.0 Å². The van der Waals surface area contributed by atoms with E-state index in [2.05, 4.69) is 0 Å². The summed E-state index contributed by atoms with van der Waals surface area (Å²) in [5, 5.41) is 0. The number of rotatable bonds is 4. The van der Waals surface area contributed by atoms with Crippen molar-refractivity contribution in [3.8, 4) is 0 Å². The van der Waals surface area contributed by atoms with E-state index >= 15 is 0 Å². The molecule has 0 saturated heterocycles. The van der Waals surface area contributed by atoms with Crippen LogP contribution in [0.25, 0.3) is 0 Å². The summed E-state index contributed by atoms with van der Waals surface area (Å²) in [6.07, 6.45) is 1.42. The first-order chi connectivity index (χ1) is 9.93. The molecule has 1 aromatic heterocycles. The lowest BCUT2D eigenvalue weighted by Crippen LogP contribution is -2.39. The van der Waals surface area contributed by atoms with E-state index in [0.29, 0.717) is 12.1 Å². The highest BCUT2D eigenvalue weighted by molar-refractivity contribution is 7.80. The van der Waals surface area contributed by atoms with E-state index in [9.17, 15) is 14.0 Å². The lowest BCUT2D eigenvalue weighted by molar-refractivity contribution is 0.565. The molecule has 7 heteroatoms. The van der Waals surface area contributed by atoms with Crippen LogP contribution in [0.3, 0.4) is 0 Å². The number of nitrogens with two attached hydrogens (primary N) is 1. The number of nitrogens with zero attached hydrogens (tertiary/aromatic N) is 2. The number of aryl methyl sites for hydroxylation is 1. The van der Waals surface area contributed by atoms with Gasteiger partial charge in [-0.1, -0.05) is 12.2 Å². The van der Waals surface area contributed by atoms with Crippen LogP contribution in [0.2, 0.25) is 0 Å². The molecule has 0 aliphatic carbocycles. The smallest absolute Gasteiger partial charge is 0.331 e. The Bertz CT molecular complexity index is 811. The van der Waals surface area contributed by atoms with Crippen molar-refractivity contribution < 1.29 is 4.39 Å². The molecule has 1 aromatic carbocycles. The van der Waals surface area contributed by atoms with Crippen LogP contribution in [0, 0.1) is 5.82 Å². The summed E-state index contributed by atoms with van der Waals surface area (Å²) in [4.78, 5) is 24.1. The average molecular weight is 307 g/mol. The number of benzene rings is 1. The lowest BCUT2D eigenvalue weighted by atomic mass is 10.1. The molecule has 1 heterocycles. The zero-order valence-corrected chi connectivity index (χ0v) is 12.2. The number of hydrogen-bond acceptors (Lipinski definition) is 3. The lowest BCUT2D eigenvalue weighted by Gasteiger charge is -2.10. The van der Waals surface area contributed by atoms with Crippen molar-refractivity contribution in [3.05, 3.63) is 68.2 Å². The number of hydrogen-bond donors (Lipinski definition) is 1. The van der Waals surface area contributed by atoms with E-state index in [1.807, 2.05) is 0 Å². The Balaban J connectivity index is 2.53. The molecule has 110 valence electrons. The maximum Gasteiger partial charge on any atom is 0.331 e. The number of thiocarbonyl (C=S) groups is 1. The second-order valence-electron chi connectivity index (χ2n) is 4.48. The Labute approximate surface area is 125 Å². The molecule has 0 fully saturated rings. The van der Waals surface area contributed by atoms with Gasteiger partial charge in [0.05, 0.1) is 6.54 Å². The van der Waals surface area contributed by atoms with Gasteiger partial charge in [-0.15, -0.1) is 0 Å². The molecule has 0 radical (unpaired) electrons. The monoisotopic (exact) mass is 307 g/mol. The van der Waals surface area contributed by atoms with Gasteiger partial charge in [-0.2, -0.15) is 0 Å². The Hall–Kier alpha value is -2.28. The predicted molar refractivity (Wildman–Crippen MR) is 82.0 cm³/mol. The van der Waals surface area contributed by atoms with Crippen molar-refractivity contribution in [2.24, 2.45) is 5.73 Å². The summed E-state index contributed by atoms with van der Waals surface area (Å²) in [6, 6.07) is 5.41. The highest BCUT2D eigenvalue weighted by Gasteiger charge is 2.10. The first-order valence-electron chi connectivity index (χ1n) is 6.32. The Morgan fingerprint density at radius 2 is 2.05 bits per heavy atom. The largest absolute Gasteiger partial charge is 0.389 e. The van der Waals surface area contributed by atoms with Gasteiger partial charge >= 0.3 is 5.69 Å². The SMILES string of the molecule is CCn1ccc(=O)n(Cc2cc(C(N)=S)ccc2F)c1=O. The van der Waals surface area contributed by atoms with Gasteiger partial charge in [0.1, 0.15) is 10.8 Å². The predicted octanol–water partition coefficient (Wildman–Crippen LogP) is 0.852. The van der Waals surface area contributed by atoms with Gasteiger partial charge in [-0.3, -0.25) is 9.36 Å². The first-order valence-corrected chi connectivity index (χ1v) is 6.73. The summed E-state index contributed by atoms with van der Waals surface area (Å²) in [5.74, 6) is -0.520. The molecule has 0 unspecified atom stereocenters. The fourth-order valence-electron chi connectivity index (χ4n) is 1.96. The molecule has 2 N–H and O–H groups in total. The Morgan fingerprint density at radius 3 is 2.67 bits per heavy atom. The Kier molecular flexibility index (Phi) is 4.32. The van der Waals surface area contributed by atoms with E-state index in [1.165, 1.54) is 35.0 Å². The summed E-state index contributed by atoms with van der Waals surface area (Å²) >= 11 is 4.84. The quantitative estimate of drug-likeness (QED) is 0.850. The van der Waals surface area contributed by atoms with Gasteiger partial charge in [0.15, 0.2) is 0 Å². The van der Waals surface area contributed by atoms with Gasteiger partial charge in [0.2, 0.25) is 0 Å². The van der Waals surface area contributed by atoms with Crippen molar-refractivity contribution in [2.75, 3.05) is 0 Å². The second-order valence-corrected chi connectivity index (χ2v) is 4.92. The molecule has 0 aliphatic rings. The first kappa shape index (κ1) is 15.1. The summed E-state index contributed by atoms with van der Waals surface area (Å²) < 4.78 is 16.2. The molecule has 0 spiro atoms. The van der Waals surface area contributed by atoms with Gasteiger partial charge in [-0.05, 0) is 25.1 Å². The molecule has 0 bridgehead atoms. The molecule has 2 rings (SSSR count). The van der Waals surface area contributed by atoms with Gasteiger partial charge in [0.25, 0.3) is 5.56 Å². The summed E-state index contributed by atoms with van der Waals surface area (Å²) in [5.41, 5.74) is 5.22. The highest BCUT2D eigenvalue weighted by Crippen LogP contribution is 2.11. The van der Waals surface area contributed by atoms with E-state index in [0.717, 1.165) is 4.57 Å². The molecule has 5 nitrogen and oxygen atoms in total. The van der Waals surface area contributed by atoms with E-state index in [1.54, 1.807) is 6.92 Å². The van der Waals surface area contributed by atoms with E-state index in [-0.39, 0.29) is 17.1 Å². The highest BCUT2D eigenvalue weighted by atomic mass is 32.1. The minimum atomic E-state index is -0.520. The topological polar surface area (TPSA) is 70.0 Å². The van der Waals surface area contributed by atoms with Crippen molar-refractivity contribution >= 4 is 17.2 Å². The van der Waals surface area contributed by atoms with Crippen LogP contribution in [0.4, 0.5) is 4.39 Å². The number of aromatic nitrogens is 2. The third kappa shape index (κ3) is 3.08. The third-order valence-corrected chi connectivity index (χ3v) is 3.37. The van der Waals surface area contributed by atoms with Crippen LogP contribution in [-0.2, 0) is 13.1 Å². The fraction of sp³-hybridized carbons (Fsp3) is 0.214. The molecular weight excluding hydrogens is 293 g/mol. The van der Waals surface area contributed by atoms with Gasteiger partial charge in [0, 0.05) is 29.9 Å². The normalized spacial score (nSPS) is 10.6. The maximum absolute atomic E-state index is 13.9.